The van der Waals surface area contributed by atoms with Crippen molar-refractivity contribution in [1.82, 2.24) is 29.6 Å². The van der Waals surface area contributed by atoms with Crippen molar-refractivity contribution in [2.45, 2.75) is 18.9 Å². The Kier molecular flexibility index (Phi) is 4.29. The first-order valence-electron chi connectivity index (χ1n) is 8.06. The number of hydrogen-bond acceptors (Lipinski definition) is 6. The third kappa shape index (κ3) is 3.13. The van der Waals surface area contributed by atoms with E-state index < -0.39 is 6.09 Å². The fraction of sp³-hybridized carbons (Fsp3) is 0.312. The highest BCUT2D eigenvalue weighted by atomic mass is 35.5. The zero-order valence-electron chi connectivity index (χ0n) is 13.6. The van der Waals surface area contributed by atoms with Crippen LogP contribution in [0, 0.1) is 0 Å². The zero-order valence-corrected chi connectivity index (χ0v) is 14.4. The first-order chi connectivity index (χ1) is 12.6. The SMILES string of the molecule is O=C(O)N1CCC(n2ncc3c(Oc4cncc(Cl)c4)ncnc32)CC1. The van der Waals surface area contributed by atoms with Gasteiger partial charge in [-0.1, -0.05) is 11.6 Å². The van der Waals surface area contributed by atoms with Crippen molar-refractivity contribution in [2.24, 2.45) is 0 Å². The molecule has 1 saturated heterocycles. The molecule has 1 fully saturated rings. The van der Waals surface area contributed by atoms with E-state index in [1.807, 2.05) is 4.68 Å². The zero-order chi connectivity index (χ0) is 18.1. The van der Waals surface area contributed by atoms with Crippen LogP contribution in [0.3, 0.4) is 0 Å². The van der Waals surface area contributed by atoms with Gasteiger partial charge in [0.05, 0.1) is 23.5 Å². The van der Waals surface area contributed by atoms with Crippen LogP contribution in [0.4, 0.5) is 4.79 Å². The second kappa shape index (κ2) is 6.75. The van der Waals surface area contributed by atoms with E-state index in [0.29, 0.717) is 53.6 Å². The summed E-state index contributed by atoms with van der Waals surface area (Å²) < 4.78 is 7.60. The van der Waals surface area contributed by atoms with E-state index in [4.69, 9.17) is 21.4 Å². The van der Waals surface area contributed by atoms with Gasteiger partial charge in [-0.2, -0.15) is 5.10 Å². The average Bonchev–Trinajstić information content (AvgIpc) is 3.07. The second-order valence-electron chi connectivity index (χ2n) is 5.95. The van der Waals surface area contributed by atoms with Crippen LogP contribution in [0.5, 0.6) is 11.6 Å². The summed E-state index contributed by atoms with van der Waals surface area (Å²) in [5.41, 5.74) is 0.652. The van der Waals surface area contributed by atoms with Crippen LogP contribution in [0.1, 0.15) is 18.9 Å². The molecule has 3 aromatic heterocycles. The lowest BCUT2D eigenvalue weighted by Gasteiger charge is -2.30. The molecule has 1 N–H and O–H groups in total. The maximum atomic E-state index is 11.1. The Hall–Kier alpha value is -2.94. The monoisotopic (exact) mass is 374 g/mol. The molecule has 0 radical (unpaired) electrons. The number of fused-ring (bicyclic) bond motifs is 1. The highest BCUT2D eigenvalue weighted by Gasteiger charge is 2.26. The maximum absolute atomic E-state index is 11.1. The van der Waals surface area contributed by atoms with Crippen LogP contribution in [-0.2, 0) is 0 Å². The summed E-state index contributed by atoms with van der Waals surface area (Å²) in [6, 6.07) is 1.73. The Balaban J connectivity index is 1.60. The number of halogens is 1. The number of amides is 1. The van der Waals surface area contributed by atoms with Crippen molar-refractivity contribution in [1.29, 1.82) is 0 Å². The van der Waals surface area contributed by atoms with E-state index in [2.05, 4.69) is 20.1 Å². The number of nitrogens with zero attached hydrogens (tertiary/aromatic N) is 6. The van der Waals surface area contributed by atoms with E-state index in [0.717, 1.165) is 0 Å². The molecule has 0 aliphatic carbocycles. The van der Waals surface area contributed by atoms with Crippen molar-refractivity contribution in [3.8, 4) is 11.6 Å². The molecule has 0 unspecified atom stereocenters. The van der Waals surface area contributed by atoms with Crippen molar-refractivity contribution in [3.05, 3.63) is 36.0 Å². The van der Waals surface area contributed by atoms with Crippen LogP contribution in [-0.4, -0.2) is 53.9 Å². The molecule has 0 spiro atoms. The molecule has 10 heteroatoms. The Bertz CT molecular complexity index is 954. The molecule has 0 saturated carbocycles. The lowest BCUT2D eigenvalue weighted by Crippen LogP contribution is -2.38. The Morgan fingerprint density at radius 1 is 1.23 bits per heavy atom. The van der Waals surface area contributed by atoms with Crippen LogP contribution >= 0.6 is 11.6 Å². The number of carbonyl (C=O) groups is 1. The maximum Gasteiger partial charge on any atom is 0.407 e. The molecular formula is C16H15ClN6O3. The smallest absolute Gasteiger partial charge is 0.407 e. The van der Waals surface area contributed by atoms with Gasteiger partial charge in [0.25, 0.3) is 0 Å². The van der Waals surface area contributed by atoms with Crippen LogP contribution in [0.2, 0.25) is 5.02 Å². The fourth-order valence-electron chi connectivity index (χ4n) is 3.05. The fourth-order valence-corrected chi connectivity index (χ4v) is 3.21. The van der Waals surface area contributed by atoms with Crippen LogP contribution in [0.15, 0.2) is 31.0 Å². The molecule has 4 heterocycles. The Labute approximate surface area is 153 Å². The molecule has 134 valence electrons. The summed E-state index contributed by atoms with van der Waals surface area (Å²) in [4.78, 5) is 25.0. The molecule has 26 heavy (non-hydrogen) atoms. The predicted molar refractivity (Wildman–Crippen MR) is 92.5 cm³/mol. The summed E-state index contributed by atoms with van der Waals surface area (Å²) in [6.07, 6.45) is 6.62. The summed E-state index contributed by atoms with van der Waals surface area (Å²) in [5.74, 6) is 0.841. The van der Waals surface area contributed by atoms with Gasteiger partial charge in [0.15, 0.2) is 5.65 Å². The average molecular weight is 375 g/mol. The summed E-state index contributed by atoms with van der Waals surface area (Å²) in [7, 11) is 0. The van der Waals surface area contributed by atoms with Gasteiger partial charge in [-0.3, -0.25) is 4.98 Å². The first-order valence-corrected chi connectivity index (χ1v) is 8.44. The highest BCUT2D eigenvalue weighted by Crippen LogP contribution is 2.30. The van der Waals surface area contributed by atoms with E-state index in [-0.39, 0.29) is 6.04 Å². The minimum atomic E-state index is -0.887. The summed E-state index contributed by atoms with van der Waals surface area (Å²) >= 11 is 5.93. The van der Waals surface area contributed by atoms with Crippen molar-refractivity contribution in [3.63, 3.8) is 0 Å². The molecule has 0 bridgehead atoms. The molecule has 4 rings (SSSR count). The van der Waals surface area contributed by atoms with E-state index in [1.165, 1.54) is 17.4 Å². The molecule has 1 aliphatic heterocycles. The first kappa shape index (κ1) is 16.5. The number of likely N-dealkylation sites (tertiary alicyclic amines) is 1. The van der Waals surface area contributed by atoms with Gasteiger partial charge in [-0.15, -0.1) is 0 Å². The summed E-state index contributed by atoms with van der Waals surface area (Å²) in [5, 5.41) is 14.7. The number of piperidine rings is 1. The van der Waals surface area contributed by atoms with Gasteiger partial charge >= 0.3 is 6.09 Å². The van der Waals surface area contributed by atoms with E-state index in [1.54, 1.807) is 18.5 Å². The quantitative estimate of drug-likeness (QED) is 0.750. The molecule has 3 aromatic rings. The third-order valence-electron chi connectivity index (χ3n) is 4.33. The standard InChI is InChI=1S/C16H15ClN6O3/c17-10-5-12(7-18-6-10)26-15-13-8-21-23(14(13)19-9-20-15)11-1-3-22(4-2-11)16(24)25/h5-9,11H,1-4H2,(H,24,25). The number of ether oxygens (including phenoxy) is 1. The largest absolute Gasteiger partial charge is 0.465 e. The predicted octanol–water partition coefficient (Wildman–Crippen LogP) is 2.98. The Morgan fingerprint density at radius 2 is 2.04 bits per heavy atom. The third-order valence-corrected chi connectivity index (χ3v) is 4.54. The van der Waals surface area contributed by atoms with Crippen molar-refractivity contribution >= 4 is 28.7 Å². The minimum Gasteiger partial charge on any atom is -0.465 e. The molecule has 0 aromatic carbocycles. The van der Waals surface area contributed by atoms with Gasteiger partial charge < -0.3 is 14.7 Å². The van der Waals surface area contributed by atoms with Gasteiger partial charge in [0.1, 0.15) is 17.5 Å². The van der Waals surface area contributed by atoms with Gasteiger partial charge in [0, 0.05) is 25.4 Å². The number of aromatic nitrogens is 5. The molecule has 9 nitrogen and oxygen atoms in total. The lowest BCUT2D eigenvalue weighted by molar-refractivity contribution is 0.124. The second-order valence-corrected chi connectivity index (χ2v) is 6.38. The van der Waals surface area contributed by atoms with Gasteiger partial charge in [-0.25, -0.2) is 19.4 Å². The van der Waals surface area contributed by atoms with Gasteiger partial charge in [0.2, 0.25) is 5.88 Å². The normalized spacial score (nSPS) is 15.3. The van der Waals surface area contributed by atoms with Gasteiger partial charge in [-0.05, 0) is 12.8 Å². The van der Waals surface area contributed by atoms with E-state index in [9.17, 15) is 4.79 Å². The number of rotatable bonds is 3. The number of pyridine rings is 1. The van der Waals surface area contributed by atoms with Crippen LogP contribution < -0.4 is 4.74 Å². The summed E-state index contributed by atoms with van der Waals surface area (Å²) in [6.45, 7) is 0.952. The van der Waals surface area contributed by atoms with Crippen molar-refractivity contribution in [2.75, 3.05) is 13.1 Å². The highest BCUT2D eigenvalue weighted by molar-refractivity contribution is 6.30. The van der Waals surface area contributed by atoms with Crippen LogP contribution in [0.25, 0.3) is 11.0 Å². The number of carboxylic acid groups (broad SMARTS) is 1. The lowest BCUT2D eigenvalue weighted by atomic mass is 10.1. The van der Waals surface area contributed by atoms with E-state index >= 15 is 0 Å². The molecular weight excluding hydrogens is 360 g/mol. The molecule has 1 amide bonds. The topological polar surface area (TPSA) is 106 Å². The Morgan fingerprint density at radius 3 is 2.77 bits per heavy atom. The molecule has 1 aliphatic rings. The number of hydrogen-bond donors (Lipinski definition) is 1. The minimum absolute atomic E-state index is 0.0821. The van der Waals surface area contributed by atoms with Crippen molar-refractivity contribution < 1.29 is 14.6 Å². The molecule has 0 atom stereocenters.